The zero-order valence-corrected chi connectivity index (χ0v) is 13.1. The van der Waals surface area contributed by atoms with Gasteiger partial charge in [0.15, 0.2) is 0 Å². The van der Waals surface area contributed by atoms with E-state index in [0.29, 0.717) is 40.2 Å². The third-order valence-corrected chi connectivity index (χ3v) is 3.55. The van der Waals surface area contributed by atoms with Gasteiger partial charge in [0, 0.05) is 25.4 Å². The molecule has 0 atom stereocenters. The van der Waals surface area contributed by atoms with Crippen molar-refractivity contribution >= 4 is 29.1 Å². The Labute approximate surface area is 137 Å². The molecule has 1 heterocycles. The highest BCUT2D eigenvalue weighted by atomic mass is 35.5. The summed E-state index contributed by atoms with van der Waals surface area (Å²) in [5, 5.41) is 12.0. The van der Waals surface area contributed by atoms with E-state index in [0.717, 1.165) is 0 Å². The van der Waals surface area contributed by atoms with Crippen LogP contribution in [0.15, 0.2) is 36.5 Å². The summed E-state index contributed by atoms with van der Waals surface area (Å²) < 4.78 is 5.53. The smallest absolute Gasteiger partial charge is 0.252 e. The average Bonchev–Trinajstić information content (AvgIpc) is 2.53. The Kier molecular flexibility index (Phi) is 6.00. The molecule has 2 rings (SSSR count). The second-order valence-corrected chi connectivity index (χ2v) is 5.16. The van der Waals surface area contributed by atoms with Crippen molar-refractivity contribution in [2.24, 2.45) is 0 Å². The Morgan fingerprint density at radius 3 is 2.77 bits per heavy atom. The topological polar surface area (TPSA) is 71.5 Å². The maximum Gasteiger partial charge on any atom is 0.252 e. The van der Waals surface area contributed by atoms with Gasteiger partial charge < -0.3 is 15.2 Å². The van der Waals surface area contributed by atoms with Crippen LogP contribution in [0.4, 0.5) is 0 Å². The van der Waals surface area contributed by atoms with E-state index in [-0.39, 0.29) is 12.5 Å². The fraction of sp³-hybridized carbons (Fsp3) is 0.200. The van der Waals surface area contributed by atoms with Crippen molar-refractivity contribution in [2.75, 3.05) is 13.2 Å². The number of carbonyl (C=O) groups is 1. The van der Waals surface area contributed by atoms with E-state index in [1.54, 1.807) is 30.3 Å². The first kappa shape index (κ1) is 16.5. The van der Waals surface area contributed by atoms with Crippen LogP contribution in [0, 0.1) is 0 Å². The summed E-state index contributed by atoms with van der Waals surface area (Å²) in [7, 11) is 0. The lowest BCUT2D eigenvalue weighted by atomic mass is 10.2. The number of amides is 1. The van der Waals surface area contributed by atoms with Crippen LogP contribution in [-0.4, -0.2) is 29.1 Å². The first-order valence-electron chi connectivity index (χ1n) is 6.59. The number of pyridine rings is 1. The number of aliphatic hydroxyl groups is 1. The molecule has 0 spiro atoms. The first-order valence-corrected chi connectivity index (χ1v) is 7.34. The van der Waals surface area contributed by atoms with E-state index in [4.69, 9.17) is 33.0 Å². The molecule has 0 radical (unpaired) electrons. The summed E-state index contributed by atoms with van der Waals surface area (Å²) in [6, 6.07) is 8.20. The molecular formula is C15H14Cl2N2O3. The van der Waals surface area contributed by atoms with Gasteiger partial charge in [0.25, 0.3) is 5.91 Å². The van der Waals surface area contributed by atoms with Crippen molar-refractivity contribution < 1.29 is 14.6 Å². The van der Waals surface area contributed by atoms with Crippen LogP contribution < -0.4 is 10.1 Å². The highest BCUT2D eigenvalue weighted by Gasteiger charge is 2.09. The lowest BCUT2D eigenvalue weighted by molar-refractivity contribution is 0.0951. The van der Waals surface area contributed by atoms with E-state index in [2.05, 4.69) is 10.3 Å². The van der Waals surface area contributed by atoms with Crippen molar-refractivity contribution in [3.8, 4) is 11.6 Å². The lowest BCUT2D eigenvalue weighted by Gasteiger charge is -2.08. The molecule has 2 N–H and O–H groups in total. The summed E-state index contributed by atoms with van der Waals surface area (Å²) >= 11 is 11.9. The molecule has 0 aliphatic rings. The average molecular weight is 341 g/mol. The Morgan fingerprint density at radius 1 is 1.27 bits per heavy atom. The molecule has 1 aromatic heterocycles. The monoisotopic (exact) mass is 340 g/mol. The van der Waals surface area contributed by atoms with Crippen molar-refractivity contribution in [2.45, 2.75) is 6.42 Å². The molecule has 7 heteroatoms. The maximum atomic E-state index is 11.8. The van der Waals surface area contributed by atoms with Crippen LogP contribution in [0.2, 0.25) is 10.0 Å². The minimum Gasteiger partial charge on any atom is -0.437 e. The Bertz CT molecular complexity index is 648. The van der Waals surface area contributed by atoms with Gasteiger partial charge in [-0.15, -0.1) is 0 Å². The molecule has 2 aromatic rings. The minimum atomic E-state index is -0.256. The Hall–Kier alpha value is -1.82. The zero-order chi connectivity index (χ0) is 15.9. The SMILES string of the molecule is O=C(NCCCO)c1ccc(Oc2cccc(Cl)c2Cl)nc1. The third-order valence-electron chi connectivity index (χ3n) is 2.75. The number of nitrogens with one attached hydrogen (secondary N) is 1. The van der Waals surface area contributed by atoms with Gasteiger partial charge in [0.05, 0.1) is 10.6 Å². The second kappa shape index (κ2) is 7.98. The van der Waals surface area contributed by atoms with Gasteiger partial charge in [-0.1, -0.05) is 29.3 Å². The predicted octanol–water partition coefficient (Wildman–Crippen LogP) is 3.29. The van der Waals surface area contributed by atoms with Gasteiger partial charge in [-0.25, -0.2) is 4.98 Å². The number of benzene rings is 1. The first-order chi connectivity index (χ1) is 10.6. The number of nitrogens with zero attached hydrogens (tertiary/aromatic N) is 1. The highest BCUT2D eigenvalue weighted by Crippen LogP contribution is 2.33. The second-order valence-electron chi connectivity index (χ2n) is 4.37. The number of aliphatic hydroxyl groups excluding tert-OH is 1. The van der Waals surface area contributed by atoms with Gasteiger partial charge >= 0.3 is 0 Å². The maximum absolute atomic E-state index is 11.8. The van der Waals surface area contributed by atoms with E-state index < -0.39 is 0 Å². The van der Waals surface area contributed by atoms with Gasteiger partial charge in [0.2, 0.25) is 5.88 Å². The largest absolute Gasteiger partial charge is 0.437 e. The molecule has 0 fully saturated rings. The van der Waals surface area contributed by atoms with Crippen LogP contribution >= 0.6 is 23.2 Å². The van der Waals surface area contributed by atoms with E-state index in [1.807, 2.05) is 0 Å². The molecular weight excluding hydrogens is 327 g/mol. The number of aromatic nitrogens is 1. The van der Waals surface area contributed by atoms with Gasteiger partial charge in [-0.05, 0) is 24.6 Å². The Balaban J connectivity index is 2.03. The number of hydrogen-bond donors (Lipinski definition) is 2. The van der Waals surface area contributed by atoms with E-state index in [1.165, 1.54) is 6.20 Å². The van der Waals surface area contributed by atoms with Gasteiger partial charge in [-0.2, -0.15) is 0 Å². The third kappa shape index (κ3) is 4.34. The molecule has 5 nitrogen and oxygen atoms in total. The fourth-order valence-electron chi connectivity index (χ4n) is 1.63. The zero-order valence-electron chi connectivity index (χ0n) is 11.6. The molecule has 116 valence electrons. The molecule has 1 amide bonds. The quantitative estimate of drug-likeness (QED) is 0.791. The molecule has 0 aliphatic carbocycles. The van der Waals surface area contributed by atoms with E-state index in [9.17, 15) is 4.79 Å². The van der Waals surface area contributed by atoms with Crippen LogP contribution in [-0.2, 0) is 0 Å². The summed E-state index contributed by atoms with van der Waals surface area (Å²) in [6.07, 6.45) is 1.91. The summed E-state index contributed by atoms with van der Waals surface area (Å²) in [6.45, 7) is 0.442. The molecule has 0 bridgehead atoms. The number of hydrogen-bond acceptors (Lipinski definition) is 4. The van der Waals surface area contributed by atoms with Crippen LogP contribution in [0.1, 0.15) is 16.8 Å². The van der Waals surface area contributed by atoms with Crippen molar-refractivity contribution in [1.82, 2.24) is 10.3 Å². The Morgan fingerprint density at radius 2 is 2.09 bits per heavy atom. The van der Waals surface area contributed by atoms with Crippen molar-refractivity contribution in [1.29, 1.82) is 0 Å². The van der Waals surface area contributed by atoms with E-state index >= 15 is 0 Å². The number of carbonyl (C=O) groups excluding carboxylic acids is 1. The molecule has 0 saturated carbocycles. The number of halogens is 2. The molecule has 1 aromatic carbocycles. The molecule has 0 aliphatic heterocycles. The van der Waals surface area contributed by atoms with Gasteiger partial charge in [0.1, 0.15) is 10.8 Å². The number of ether oxygens (including phenoxy) is 1. The highest BCUT2D eigenvalue weighted by molar-refractivity contribution is 6.42. The minimum absolute atomic E-state index is 0.0334. The number of rotatable bonds is 6. The predicted molar refractivity (Wildman–Crippen MR) is 84.8 cm³/mol. The summed E-state index contributed by atoms with van der Waals surface area (Å²) in [5.41, 5.74) is 0.405. The van der Waals surface area contributed by atoms with Crippen molar-refractivity contribution in [3.63, 3.8) is 0 Å². The molecule has 22 heavy (non-hydrogen) atoms. The summed E-state index contributed by atoms with van der Waals surface area (Å²) in [4.78, 5) is 15.8. The standard InChI is InChI=1S/C15H14Cl2N2O3/c16-11-3-1-4-12(14(11)17)22-13-6-5-10(9-19-13)15(21)18-7-2-8-20/h1,3-6,9,20H,2,7-8H2,(H,18,21). The normalized spacial score (nSPS) is 10.3. The molecule has 0 saturated heterocycles. The fourth-order valence-corrected chi connectivity index (χ4v) is 1.96. The van der Waals surface area contributed by atoms with Crippen molar-refractivity contribution in [3.05, 3.63) is 52.1 Å². The van der Waals surface area contributed by atoms with Crippen LogP contribution in [0.25, 0.3) is 0 Å². The van der Waals surface area contributed by atoms with Crippen LogP contribution in [0.5, 0.6) is 11.6 Å². The van der Waals surface area contributed by atoms with Gasteiger partial charge in [-0.3, -0.25) is 4.79 Å². The summed E-state index contributed by atoms with van der Waals surface area (Å²) in [5.74, 6) is 0.436. The van der Waals surface area contributed by atoms with Crippen LogP contribution in [0.3, 0.4) is 0 Å². The lowest BCUT2D eigenvalue weighted by Crippen LogP contribution is -2.25. The molecule has 0 unspecified atom stereocenters.